The van der Waals surface area contributed by atoms with Gasteiger partial charge in [-0.25, -0.2) is 4.98 Å². The van der Waals surface area contributed by atoms with Crippen molar-refractivity contribution >= 4 is 28.3 Å². The van der Waals surface area contributed by atoms with Crippen molar-refractivity contribution < 1.29 is 9.13 Å². The number of anilines is 2. The summed E-state index contributed by atoms with van der Waals surface area (Å²) in [4.78, 5) is 20.1. The van der Waals surface area contributed by atoms with Crippen LogP contribution in [0.4, 0.5) is 17.5 Å². The minimum absolute atomic E-state index is 0.0137. The first-order chi connectivity index (χ1) is 8.49. The SMILES string of the molecule is Cc1nc(N)nc(N2CCS(=O)CC2)c1[N+](=O)[O-]. The Morgan fingerprint density at radius 3 is 2.56 bits per heavy atom. The Bertz CT molecular complexity index is 511. The highest BCUT2D eigenvalue weighted by atomic mass is 32.2. The largest absolute Gasteiger partial charge is 0.368 e. The summed E-state index contributed by atoms with van der Waals surface area (Å²) in [5.41, 5.74) is 5.65. The minimum atomic E-state index is -0.849. The normalized spacial score (nSPS) is 16.8. The van der Waals surface area contributed by atoms with Crippen LogP contribution in [0.1, 0.15) is 5.69 Å². The maximum absolute atomic E-state index is 11.3. The summed E-state index contributed by atoms with van der Waals surface area (Å²) in [5, 5.41) is 11.1. The molecule has 0 unspecified atom stereocenters. The summed E-state index contributed by atoms with van der Waals surface area (Å²) in [7, 11) is -0.849. The first-order valence-corrected chi connectivity index (χ1v) is 6.86. The average Bonchev–Trinajstić information content (AvgIpc) is 2.28. The summed E-state index contributed by atoms with van der Waals surface area (Å²) in [5.74, 6) is 1.21. The molecule has 2 heterocycles. The van der Waals surface area contributed by atoms with Gasteiger partial charge in [0.25, 0.3) is 0 Å². The van der Waals surface area contributed by atoms with Crippen LogP contribution in [0.15, 0.2) is 0 Å². The van der Waals surface area contributed by atoms with Gasteiger partial charge < -0.3 is 10.6 Å². The summed E-state index contributed by atoms with van der Waals surface area (Å²) in [6.45, 7) is 2.48. The molecule has 98 valence electrons. The number of nitrogens with two attached hydrogens (primary N) is 1. The van der Waals surface area contributed by atoms with Gasteiger partial charge >= 0.3 is 5.69 Å². The molecule has 9 heteroatoms. The van der Waals surface area contributed by atoms with Gasteiger partial charge in [-0.1, -0.05) is 0 Å². The lowest BCUT2D eigenvalue weighted by Gasteiger charge is -2.27. The molecule has 0 aliphatic carbocycles. The summed E-state index contributed by atoms with van der Waals surface area (Å²) in [6, 6.07) is 0. The standard InChI is InChI=1S/C9H13N5O3S/c1-6-7(14(15)16)8(12-9(10)11-6)13-2-4-18(17)5-3-13/h2-5H2,1H3,(H2,10,11,12). The van der Waals surface area contributed by atoms with E-state index in [2.05, 4.69) is 9.97 Å². The molecule has 1 aromatic rings. The Hall–Kier alpha value is -1.77. The third kappa shape index (κ3) is 2.40. The maximum atomic E-state index is 11.3. The van der Waals surface area contributed by atoms with Gasteiger partial charge in [-0.15, -0.1) is 0 Å². The van der Waals surface area contributed by atoms with E-state index in [0.29, 0.717) is 24.6 Å². The van der Waals surface area contributed by atoms with E-state index in [4.69, 9.17) is 5.73 Å². The quantitative estimate of drug-likeness (QED) is 0.587. The summed E-state index contributed by atoms with van der Waals surface area (Å²) < 4.78 is 11.3. The number of aryl methyl sites for hydroxylation is 1. The Morgan fingerprint density at radius 1 is 1.39 bits per heavy atom. The third-order valence-corrected chi connectivity index (χ3v) is 3.99. The molecule has 2 N–H and O–H groups in total. The predicted octanol–water partition coefficient (Wildman–Crippen LogP) is -0.156. The molecular formula is C9H13N5O3S. The number of aromatic nitrogens is 2. The van der Waals surface area contributed by atoms with Crippen LogP contribution in [0.25, 0.3) is 0 Å². The molecule has 0 radical (unpaired) electrons. The Kier molecular flexibility index (Phi) is 3.41. The first kappa shape index (κ1) is 12.7. The van der Waals surface area contributed by atoms with Gasteiger partial charge in [0.05, 0.1) is 4.92 Å². The van der Waals surface area contributed by atoms with E-state index < -0.39 is 15.7 Å². The van der Waals surface area contributed by atoms with Gasteiger partial charge in [-0.2, -0.15) is 4.98 Å². The Balaban J connectivity index is 2.42. The fraction of sp³-hybridized carbons (Fsp3) is 0.556. The highest BCUT2D eigenvalue weighted by molar-refractivity contribution is 7.85. The molecule has 8 nitrogen and oxygen atoms in total. The number of hydrogen-bond acceptors (Lipinski definition) is 7. The third-order valence-electron chi connectivity index (χ3n) is 2.72. The molecule has 0 aromatic carbocycles. The maximum Gasteiger partial charge on any atom is 0.332 e. The van der Waals surface area contributed by atoms with Gasteiger partial charge in [-0.3, -0.25) is 14.3 Å². The topological polar surface area (TPSA) is 115 Å². The molecule has 1 saturated heterocycles. The van der Waals surface area contributed by atoms with Crippen molar-refractivity contribution in [2.45, 2.75) is 6.92 Å². The van der Waals surface area contributed by atoms with Crippen LogP contribution in [-0.2, 0) is 10.8 Å². The van der Waals surface area contributed by atoms with Crippen LogP contribution in [0.3, 0.4) is 0 Å². The van der Waals surface area contributed by atoms with Gasteiger partial charge in [0, 0.05) is 35.4 Å². The molecule has 2 rings (SSSR count). The molecule has 0 bridgehead atoms. The zero-order valence-electron chi connectivity index (χ0n) is 9.83. The van der Waals surface area contributed by atoms with Crippen LogP contribution >= 0.6 is 0 Å². The smallest absolute Gasteiger partial charge is 0.332 e. The van der Waals surface area contributed by atoms with Gasteiger partial charge in [0.15, 0.2) is 0 Å². The summed E-state index contributed by atoms with van der Waals surface area (Å²) in [6.07, 6.45) is 0. The van der Waals surface area contributed by atoms with Crippen LogP contribution in [-0.4, -0.2) is 43.7 Å². The zero-order chi connectivity index (χ0) is 13.3. The predicted molar refractivity (Wildman–Crippen MR) is 67.9 cm³/mol. The van der Waals surface area contributed by atoms with Gasteiger partial charge in [0.2, 0.25) is 11.8 Å². The number of rotatable bonds is 2. The monoisotopic (exact) mass is 271 g/mol. The molecule has 0 saturated carbocycles. The molecule has 18 heavy (non-hydrogen) atoms. The van der Waals surface area contributed by atoms with E-state index in [0.717, 1.165) is 0 Å². The molecule has 1 aliphatic rings. The van der Waals surface area contributed by atoms with Crippen LogP contribution in [0.2, 0.25) is 0 Å². The van der Waals surface area contributed by atoms with Gasteiger partial charge in [-0.05, 0) is 6.92 Å². The van der Waals surface area contributed by atoms with E-state index in [1.54, 1.807) is 4.90 Å². The van der Waals surface area contributed by atoms with Crippen molar-refractivity contribution in [1.82, 2.24) is 9.97 Å². The summed E-state index contributed by atoms with van der Waals surface area (Å²) >= 11 is 0. The van der Waals surface area contributed by atoms with Crippen molar-refractivity contribution in [2.75, 3.05) is 35.2 Å². The molecule has 0 spiro atoms. The Labute approximate surface area is 106 Å². The second-order valence-corrected chi connectivity index (χ2v) is 5.63. The molecule has 0 amide bonds. The van der Waals surface area contributed by atoms with Crippen molar-refractivity contribution in [3.8, 4) is 0 Å². The van der Waals surface area contributed by atoms with Crippen LogP contribution < -0.4 is 10.6 Å². The molecular weight excluding hydrogens is 258 g/mol. The van der Waals surface area contributed by atoms with E-state index in [1.165, 1.54) is 6.92 Å². The molecule has 1 aromatic heterocycles. The fourth-order valence-electron chi connectivity index (χ4n) is 1.86. The van der Waals surface area contributed by atoms with E-state index in [1.807, 2.05) is 0 Å². The molecule has 1 fully saturated rings. The van der Waals surface area contributed by atoms with E-state index in [9.17, 15) is 14.3 Å². The number of hydrogen-bond donors (Lipinski definition) is 1. The van der Waals surface area contributed by atoms with Crippen LogP contribution in [0, 0.1) is 17.0 Å². The fourth-order valence-corrected chi connectivity index (χ4v) is 2.91. The Morgan fingerprint density at radius 2 is 2.00 bits per heavy atom. The lowest BCUT2D eigenvalue weighted by Crippen LogP contribution is -2.38. The van der Waals surface area contributed by atoms with Crippen molar-refractivity contribution in [1.29, 1.82) is 0 Å². The second kappa shape index (κ2) is 4.84. The van der Waals surface area contributed by atoms with Crippen molar-refractivity contribution in [2.24, 2.45) is 0 Å². The lowest BCUT2D eigenvalue weighted by atomic mass is 10.3. The van der Waals surface area contributed by atoms with E-state index >= 15 is 0 Å². The minimum Gasteiger partial charge on any atom is -0.368 e. The highest BCUT2D eigenvalue weighted by Gasteiger charge is 2.28. The molecule has 1 aliphatic heterocycles. The zero-order valence-corrected chi connectivity index (χ0v) is 10.6. The van der Waals surface area contributed by atoms with Crippen molar-refractivity contribution in [3.63, 3.8) is 0 Å². The second-order valence-electron chi connectivity index (χ2n) is 3.93. The average molecular weight is 271 g/mol. The number of nitrogens with zero attached hydrogens (tertiary/aromatic N) is 4. The van der Waals surface area contributed by atoms with E-state index in [-0.39, 0.29) is 23.1 Å². The first-order valence-electron chi connectivity index (χ1n) is 5.37. The molecule has 0 atom stereocenters. The van der Waals surface area contributed by atoms with Crippen molar-refractivity contribution in [3.05, 3.63) is 15.8 Å². The number of nitro groups is 1. The van der Waals surface area contributed by atoms with Gasteiger partial charge in [0.1, 0.15) is 5.69 Å². The number of nitrogen functional groups attached to an aromatic ring is 1. The van der Waals surface area contributed by atoms with Crippen LogP contribution in [0.5, 0.6) is 0 Å². The lowest BCUT2D eigenvalue weighted by molar-refractivity contribution is -0.385. The highest BCUT2D eigenvalue weighted by Crippen LogP contribution is 2.29.